The van der Waals surface area contributed by atoms with Crippen molar-refractivity contribution >= 4 is 5.91 Å². The Morgan fingerprint density at radius 3 is 1.90 bits per heavy atom. The summed E-state index contributed by atoms with van der Waals surface area (Å²) in [5, 5.41) is 10.2. The predicted molar refractivity (Wildman–Crippen MR) is 133 cm³/mol. The largest absolute Gasteiger partial charge is 0.356 e. The molecule has 0 spiro atoms. The third kappa shape index (κ3) is 22.3. The lowest BCUT2D eigenvalue weighted by Crippen LogP contribution is -2.32. The van der Waals surface area contributed by atoms with Crippen LogP contribution in [0.15, 0.2) is 0 Å². The number of nitrogens with one attached hydrogen (secondary N) is 5. The maximum atomic E-state index is 11.9. The highest BCUT2D eigenvalue weighted by Crippen LogP contribution is 2.12. The zero-order chi connectivity index (χ0) is 23.0. The summed E-state index contributed by atoms with van der Waals surface area (Å²) in [5.74, 6) is 1.52. The van der Waals surface area contributed by atoms with Gasteiger partial charge in [-0.2, -0.15) is 0 Å². The highest BCUT2D eigenvalue weighted by Gasteiger charge is 2.09. The Bertz CT molecular complexity index is 367. The zero-order valence-corrected chi connectivity index (χ0v) is 20.7. The van der Waals surface area contributed by atoms with Crippen LogP contribution >= 0.6 is 0 Å². The van der Waals surface area contributed by atoms with Gasteiger partial charge in [0.15, 0.2) is 0 Å². The molecule has 1 atom stereocenters. The highest BCUT2D eigenvalue weighted by atomic mass is 16.1. The first-order valence-electron chi connectivity index (χ1n) is 13.1. The monoisotopic (exact) mass is 439 g/mol. The summed E-state index contributed by atoms with van der Waals surface area (Å²) < 4.78 is 0. The maximum absolute atomic E-state index is 11.9. The molecule has 0 aliphatic heterocycles. The van der Waals surface area contributed by atoms with E-state index in [-0.39, 0.29) is 5.91 Å². The molecule has 0 aliphatic carbocycles. The molecular weight excluding hydrogens is 386 g/mol. The molecule has 0 aromatic rings. The standard InChI is InChI=1S/C25H53N5O/c1-3-12-23(2)14-15-25(31)30-20-9-5-4-6-13-24(21-28-18-10-7-16-26)22-29-19-11-8-17-27/h23-24,26-29H,3-22H2,1-2H3,(H,30,31). The van der Waals surface area contributed by atoms with Gasteiger partial charge in [-0.1, -0.05) is 46.0 Å². The summed E-state index contributed by atoms with van der Waals surface area (Å²) >= 11 is 0. The fourth-order valence-electron chi connectivity index (χ4n) is 3.88. The molecule has 0 bridgehead atoms. The van der Waals surface area contributed by atoms with Gasteiger partial charge in [-0.15, -0.1) is 0 Å². The van der Waals surface area contributed by atoms with Gasteiger partial charge < -0.3 is 16.0 Å². The molecule has 0 fully saturated rings. The summed E-state index contributed by atoms with van der Waals surface area (Å²) in [4.78, 5) is 11.9. The van der Waals surface area contributed by atoms with Crippen LogP contribution in [0, 0.1) is 11.8 Å². The lowest BCUT2D eigenvalue weighted by Gasteiger charge is -2.18. The third-order valence-electron chi connectivity index (χ3n) is 5.93. The second kappa shape index (κ2) is 24.0. The molecule has 0 aliphatic rings. The van der Waals surface area contributed by atoms with Crippen LogP contribution in [0.2, 0.25) is 0 Å². The Kier molecular flexibility index (Phi) is 23.4. The van der Waals surface area contributed by atoms with Crippen molar-refractivity contribution < 1.29 is 4.79 Å². The topological polar surface area (TPSA) is 101 Å². The van der Waals surface area contributed by atoms with Crippen molar-refractivity contribution in [3.8, 4) is 0 Å². The van der Waals surface area contributed by atoms with Crippen LogP contribution in [0.3, 0.4) is 0 Å². The first-order chi connectivity index (χ1) is 15.1. The number of hydrogen-bond acceptors (Lipinski definition) is 3. The molecule has 1 unspecified atom stereocenters. The number of hydrogen-bond donors (Lipinski definition) is 3. The number of carbonyl (C=O) groups is 1. The van der Waals surface area contributed by atoms with Crippen LogP contribution in [-0.2, 0) is 4.79 Å². The molecule has 0 aromatic carbocycles. The maximum Gasteiger partial charge on any atom is 0.220 e. The van der Waals surface area contributed by atoms with Gasteiger partial charge in [-0.3, -0.25) is 16.3 Å². The fourth-order valence-corrected chi connectivity index (χ4v) is 3.88. The van der Waals surface area contributed by atoms with Crippen LogP contribution in [0.25, 0.3) is 0 Å². The quantitative estimate of drug-likeness (QED) is 0.197. The van der Waals surface area contributed by atoms with E-state index < -0.39 is 0 Å². The smallest absolute Gasteiger partial charge is 0.220 e. The van der Waals surface area contributed by atoms with Gasteiger partial charge in [-0.05, 0) is 83.0 Å². The molecule has 0 aromatic heterocycles. The minimum absolute atomic E-state index is 0.219. The molecule has 2 radical (unpaired) electrons. The molecule has 0 saturated heterocycles. The first kappa shape index (κ1) is 30.3. The minimum atomic E-state index is 0.219. The van der Waals surface area contributed by atoms with E-state index in [9.17, 15) is 4.79 Å². The van der Waals surface area contributed by atoms with Crippen LogP contribution in [0.4, 0.5) is 0 Å². The Hall–Kier alpha value is -0.690. The van der Waals surface area contributed by atoms with E-state index in [4.69, 9.17) is 11.5 Å². The Labute approximate surface area is 193 Å². The summed E-state index contributed by atoms with van der Waals surface area (Å²) in [7, 11) is 0. The highest BCUT2D eigenvalue weighted by molar-refractivity contribution is 5.75. The van der Waals surface area contributed by atoms with Gasteiger partial charge in [0, 0.05) is 26.1 Å². The molecule has 0 saturated carbocycles. The summed E-state index contributed by atoms with van der Waals surface area (Å²) in [6, 6.07) is 0. The molecule has 5 N–H and O–H groups in total. The van der Waals surface area contributed by atoms with Crippen molar-refractivity contribution in [2.75, 3.05) is 45.8 Å². The van der Waals surface area contributed by atoms with Gasteiger partial charge in [0.05, 0.1) is 0 Å². The average Bonchev–Trinajstić information content (AvgIpc) is 2.76. The van der Waals surface area contributed by atoms with E-state index in [0.717, 1.165) is 71.2 Å². The van der Waals surface area contributed by atoms with E-state index in [1.807, 2.05) is 0 Å². The van der Waals surface area contributed by atoms with Crippen molar-refractivity contribution in [3.63, 3.8) is 0 Å². The van der Waals surface area contributed by atoms with E-state index in [1.165, 1.54) is 38.5 Å². The summed E-state index contributed by atoms with van der Waals surface area (Å²) in [5.41, 5.74) is 14.5. The van der Waals surface area contributed by atoms with Crippen LogP contribution < -0.4 is 27.4 Å². The fraction of sp³-hybridized carbons (Fsp3) is 0.960. The molecule has 31 heavy (non-hydrogen) atoms. The van der Waals surface area contributed by atoms with Crippen molar-refractivity contribution in [2.45, 2.75) is 97.3 Å². The first-order valence-corrected chi connectivity index (χ1v) is 13.1. The lowest BCUT2D eigenvalue weighted by molar-refractivity contribution is -0.121. The van der Waals surface area contributed by atoms with Crippen LogP contribution in [0.5, 0.6) is 0 Å². The molecule has 184 valence electrons. The minimum Gasteiger partial charge on any atom is -0.356 e. The predicted octanol–water partition coefficient (Wildman–Crippen LogP) is 4.19. The lowest BCUT2D eigenvalue weighted by atomic mass is 10.00. The third-order valence-corrected chi connectivity index (χ3v) is 5.93. The SMILES string of the molecule is CCCC(C)CCC(=O)NCCCCCCC(CNCCCC[NH])CNCCCC[NH]. The summed E-state index contributed by atoms with van der Waals surface area (Å²) in [6.07, 6.45) is 14.2. The molecule has 1 amide bonds. The van der Waals surface area contributed by atoms with Gasteiger partial charge in [0.2, 0.25) is 5.91 Å². The van der Waals surface area contributed by atoms with Crippen LogP contribution in [0.1, 0.15) is 97.3 Å². The Morgan fingerprint density at radius 2 is 1.32 bits per heavy atom. The molecule has 6 nitrogen and oxygen atoms in total. The average molecular weight is 440 g/mol. The van der Waals surface area contributed by atoms with Gasteiger partial charge >= 0.3 is 0 Å². The normalized spacial score (nSPS) is 12.4. The van der Waals surface area contributed by atoms with Gasteiger partial charge in [-0.25, -0.2) is 0 Å². The van der Waals surface area contributed by atoms with E-state index >= 15 is 0 Å². The molecule has 0 rings (SSSR count). The van der Waals surface area contributed by atoms with Gasteiger partial charge in [0.25, 0.3) is 0 Å². The number of unbranched alkanes of at least 4 members (excludes halogenated alkanes) is 5. The van der Waals surface area contributed by atoms with E-state index in [1.54, 1.807) is 0 Å². The second-order valence-corrected chi connectivity index (χ2v) is 9.17. The van der Waals surface area contributed by atoms with E-state index in [2.05, 4.69) is 29.8 Å². The van der Waals surface area contributed by atoms with Crippen LogP contribution in [-0.4, -0.2) is 51.7 Å². The molecular formula is C25H53N5O. The molecule has 6 heteroatoms. The van der Waals surface area contributed by atoms with Crippen molar-refractivity contribution in [1.29, 1.82) is 0 Å². The van der Waals surface area contributed by atoms with E-state index in [0.29, 0.717) is 31.3 Å². The summed E-state index contributed by atoms with van der Waals surface area (Å²) in [6.45, 7) is 10.5. The number of carbonyl (C=O) groups excluding carboxylic acids is 1. The van der Waals surface area contributed by atoms with Crippen molar-refractivity contribution in [3.05, 3.63) is 0 Å². The second-order valence-electron chi connectivity index (χ2n) is 9.17. The Morgan fingerprint density at radius 1 is 0.742 bits per heavy atom. The van der Waals surface area contributed by atoms with Crippen molar-refractivity contribution in [1.82, 2.24) is 27.4 Å². The number of amides is 1. The molecule has 0 heterocycles. The number of rotatable bonds is 24. The van der Waals surface area contributed by atoms with Crippen molar-refractivity contribution in [2.24, 2.45) is 11.8 Å². The zero-order valence-electron chi connectivity index (χ0n) is 20.7. The van der Waals surface area contributed by atoms with Gasteiger partial charge in [0.1, 0.15) is 0 Å². The Balaban J connectivity index is 3.81.